The van der Waals surface area contributed by atoms with Gasteiger partial charge in [0.15, 0.2) is 0 Å². The van der Waals surface area contributed by atoms with E-state index >= 15 is 0 Å². The molecule has 0 fully saturated rings. The zero-order chi connectivity index (χ0) is 9.84. The first-order valence-electron chi connectivity index (χ1n) is 4.27. The van der Waals surface area contributed by atoms with Gasteiger partial charge in [-0.1, -0.05) is 23.7 Å². The Morgan fingerprint density at radius 1 is 1.33 bits per heavy atom. The van der Waals surface area contributed by atoms with Gasteiger partial charge in [-0.2, -0.15) is 0 Å². The van der Waals surface area contributed by atoms with E-state index in [1.165, 1.54) is 5.56 Å². The lowest BCUT2D eigenvalue weighted by molar-refractivity contribution is 0.306. The van der Waals surface area contributed by atoms with Crippen molar-refractivity contribution in [2.45, 2.75) is 6.04 Å². The normalized spacial score (nSPS) is 11.5. The lowest BCUT2D eigenvalue weighted by Crippen LogP contribution is -2.27. The molecular weight excluding hydrogens is 254 g/mol. The Balaban J connectivity index is 0. The van der Waals surface area contributed by atoms with Crippen LogP contribution in [-0.2, 0) is 0 Å². The van der Waals surface area contributed by atoms with Crippen LogP contribution in [0.25, 0.3) is 0 Å². The van der Waals surface area contributed by atoms with Gasteiger partial charge in [0.2, 0.25) is 0 Å². The number of likely N-dealkylation sites (N-methyl/N-ethyl adjacent to an activating group) is 1. The number of hydrogen-bond acceptors (Lipinski definition) is 2. The van der Waals surface area contributed by atoms with Crippen molar-refractivity contribution < 1.29 is 0 Å². The molecule has 0 saturated carbocycles. The summed E-state index contributed by atoms with van der Waals surface area (Å²) in [5.41, 5.74) is 6.84. The third kappa shape index (κ3) is 5.05. The van der Waals surface area contributed by atoms with Crippen LogP contribution in [-0.4, -0.2) is 25.5 Å². The molecule has 0 radical (unpaired) electrons. The third-order valence-corrected chi connectivity index (χ3v) is 2.32. The van der Waals surface area contributed by atoms with Crippen LogP contribution in [0.15, 0.2) is 24.3 Å². The van der Waals surface area contributed by atoms with Crippen molar-refractivity contribution >= 4 is 36.4 Å². The Hall–Kier alpha value is 0.01000. The molecule has 1 aromatic carbocycles. The largest absolute Gasteiger partial charge is 0.329 e. The van der Waals surface area contributed by atoms with Gasteiger partial charge in [0, 0.05) is 17.6 Å². The van der Waals surface area contributed by atoms with Gasteiger partial charge in [0.25, 0.3) is 0 Å². The molecule has 15 heavy (non-hydrogen) atoms. The quantitative estimate of drug-likeness (QED) is 0.916. The molecule has 1 aromatic rings. The first kappa shape index (κ1) is 17.4. The standard InChI is InChI=1S/C10H15ClN2.2ClH/c1-13(2)10(7-12)8-4-3-5-9(11)6-8;;/h3-6,10H,7,12H2,1-2H3;2*1H. The molecule has 0 aliphatic heterocycles. The Bertz CT molecular complexity index is 279. The number of nitrogens with two attached hydrogens (primary N) is 1. The van der Waals surface area contributed by atoms with Crippen molar-refractivity contribution in [3.63, 3.8) is 0 Å². The average molecular weight is 272 g/mol. The average Bonchev–Trinajstić information content (AvgIpc) is 2.04. The van der Waals surface area contributed by atoms with Crippen molar-refractivity contribution in [2.24, 2.45) is 5.73 Å². The maximum absolute atomic E-state index is 5.89. The predicted molar refractivity (Wildman–Crippen MR) is 71.4 cm³/mol. The number of nitrogens with zero attached hydrogens (tertiary/aromatic N) is 1. The number of halogens is 3. The molecule has 5 heteroatoms. The summed E-state index contributed by atoms with van der Waals surface area (Å²) in [6.45, 7) is 0.605. The summed E-state index contributed by atoms with van der Waals surface area (Å²) < 4.78 is 0. The third-order valence-electron chi connectivity index (χ3n) is 2.08. The second-order valence-corrected chi connectivity index (χ2v) is 3.71. The van der Waals surface area contributed by atoms with E-state index in [0.717, 1.165) is 5.02 Å². The summed E-state index contributed by atoms with van der Waals surface area (Å²) in [6, 6.07) is 8.07. The van der Waals surface area contributed by atoms with E-state index in [-0.39, 0.29) is 30.9 Å². The maximum atomic E-state index is 5.89. The highest BCUT2D eigenvalue weighted by molar-refractivity contribution is 6.30. The summed E-state index contributed by atoms with van der Waals surface area (Å²) in [5, 5.41) is 0.762. The molecule has 2 nitrogen and oxygen atoms in total. The molecule has 0 aromatic heterocycles. The molecule has 1 atom stereocenters. The minimum Gasteiger partial charge on any atom is -0.329 e. The second-order valence-electron chi connectivity index (χ2n) is 3.27. The van der Waals surface area contributed by atoms with Gasteiger partial charge in [-0.3, -0.25) is 0 Å². The summed E-state index contributed by atoms with van der Waals surface area (Å²) >= 11 is 5.89. The summed E-state index contributed by atoms with van der Waals surface area (Å²) in [5.74, 6) is 0. The molecule has 0 saturated heterocycles. The van der Waals surface area contributed by atoms with Gasteiger partial charge < -0.3 is 10.6 Å². The van der Waals surface area contributed by atoms with Gasteiger partial charge in [-0.15, -0.1) is 24.8 Å². The monoisotopic (exact) mass is 270 g/mol. The highest BCUT2D eigenvalue weighted by atomic mass is 35.5. The van der Waals surface area contributed by atoms with E-state index in [4.69, 9.17) is 17.3 Å². The van der Waals surface area contributed by atoms with Crippen molar-refractivity contribution in [3.05, 3.63) is 34.9 Å². The fraction of sp³-hybridized carbons (Fsp3) is 0.400. The van der Waals surface area contributed by atoms with Crippen molar-refractivity contribution in [3.8, 4) is 0 Å². The maximum Gasteiger partial charge on any atom is 0.0465 e. The van der Waals surface area contributed by atoms with Crippen LogP contribution in [0.1, 0.15) is 11.6 Å². The van der Waals surface area contributed by atoms with Crippen LogP contribution >= 0.6 is 36.4 Å². The second kappa shape index (κ2) is 8.20. The van der Waals surface area contributed by atoms with Crippen LogP contribution < -0.4 is 5.73 Å². The molecule has 0 aliphatic carbocycles. The first-order valence-corrected chi connectivity index (χ1v) is 4.65. The van der Waals surface area contributed by atoms with Crippen LogP contribution in [0, 0.1) is 0 Å². The molecule has 1 unspecified atom stereocenters. The summed E-state index contributed by atoms with van der Waals surface area (Å²) in [4.78, 5) is 2.09. The van der Waals surface area contributed by atoms with Gasteiger partial charge in [0.1, 0.15) is 0 Å². The van der Waals surface area contributed by atoms with Crippen LogP contribution in [0.3, 0.4) is 0 Å². The first-order chi connectivity index (χ1) is 6.15. The van der Waals surface area contributed by atoms with E-state index < -0.39 is 0 Å². The molecule has 88 valence electrons. The number of rotatable bonds is 3. The highest BCUT2D eigenvalue weighted by Gasteiger charge is 2.11. The highest BCUT2D eigenvalue weighted by Crippen LogP contribution is 2.20. The Kier molecular flexibility index (Phi) is 9.51. The van der Waals surface area contributed by atoms with E-state index in [1.54, 1.807) is 0 Å². The van der Waals surface area contributed by atoms with E-state index in [2.05, 4.69) is 4.90 Å². The molecular formula is C10H17Cl3N2. The van der Waals surface area contributed by atoms with Crippen molar-refractivity contribution in [1.29, 1.82) is 0 Å². The van der Waals surface area contributed by atoms with Gasteiger partial charge in [-0.05, 0) is 31.8 Å². The molecule has 0 heterocycles. The zero-order valence-electron chi connectivity index (χ0n) is 8.81. The fourth-order valence-corrected chi connectivity index (χ4v) is 1.56. The Morgan fingerprint density at radius 2 is 1.93 bits per heavy atom. The van der Waals surface area contributed by atoms with E-state index in [0.29, 0.717) is 6.54 Å². The Labute approximate surface area is 109 Å². The molecule has 0 aliphatic rings. The summed E-state index contributed by atoms with van der Waals surface area (Å²) in [7, 11) is 4.02. The van der Waals surface area contributed by atoms with Crippen molar-refractivity contribution in [1.82, 2.24) is 4.90 Å². The zero-order valence-corrected chi connectivity index (χ0v) is 11.2. The van der Waals surface area contributed by atoms with Gasteiger partial charge in [-0.25, -0.2) is 0 Å². The lowest BCUT2D eigenvalue weighted by atomic mass is 10.1. The minimum absolute atomic E-state index is 0. The van der Waals surface area contributed by atoms with E-state index in [1.807, 2.05) is 38.4 Å². The fourth-order valence-electron chi connectivity index (χ4n) is 1.36. The lowest BCUT2D eigenvalue weighted by Gasteiger charge is -2.23. The molecule has 2 N–H and O–H groups in total. The predicted octanol–water partition coefficient (Wildman–Crippen LogP) is 2.75. The minimum atomic E-state index is 0. The van der Waals surface area contributed by atoms with Crippen LogP contribution in [0.4, 0.5) is 0 Å². The SMILES string of the molecule is CN(C)C(CN)c1cccc(Cl)c1.Cl.Cl. The Morgan fingerprint density at radius 3 is 2.33 bits per heavy atom. The topological polar surface area (TPSA) is 29.3 Å². The number of benzene rings is 1. The molecule has 0 spiro atoms. The van der Waals surface area contributed by atoms with Gasteiger partial charge in [0.05, 0.1) is 0 Å². The van der Waals surface area contributed by atoms with Crippen molar-refractivity contribution in [2.75, 3.05) is 20.6 Å². The molecule has 0 amide bonds. The summed E-state index contributed by atoms with van der Waals surface area (Å²) in [6.07, 6.45) is 0. The molecule has 1 rings (SSSR count). The van der Waals surface area contributed by atoms with Crippen LogP contribution in [0.2, 0.25) is 5.02 Å². The number of hydrogen-bond donors (Lipinski definition) is 1. The van der Waals surface area contributed by atoms with E-state index in [9.17, 15) is 0 Å². The molecule has 0 bridgehead atoms. The van der Waals surface area contributed by atoms with Crippen LogP contribution in [0.5, 0.6) is 0 Å². The van der Waals surface area contributed by atoms with Gasteiger partial charge >= 0.3 is 0 Å². The smallest absolute Gasteiger partial charge is 0.0465 e.